The van der Waals surface area contributed by atoms with Gasteiger partial charge in [0.15, 0.2) is 0 Å². The molecule has 0 aliphatic carbocycles. The summed E-state index contributed by atoms with van der Waals surface area (Å²) < 4.78 is 15.5. The molecular formula is C14H17ClFN3. The lowest BCUT2D eigenvalue weighted by atomic mass is 10.2. The summed E-state index contributed by atoms with van der Waals surface area (Å²) in [5, 5.41) is 3.66. The Morgan fingerprint density at radius 3 is 3.00 bits per heavy atom. The SMILES string of the molecule is CCNCCc1cn(Cc2ccc(Cl)cc2F)cn1. The normalized spacial score (nSPS) is 10.9. The first-order valence-electron chi connectivity index (χ1n) is 6.34. The van der Waals surface area contributed by atoms with Crippen LogP contribution in [0.5, 0.6) is 0 Å². The van der Waals surface area contributed by atoms with Gasteiger partial charge in [0.05, 0.1) is 18.6 Å². The highest BCUT2D eigenvalue weighted by Gasteiger charge is 2.05. The lowest BCUT2D eigenvalue weighted by Gasteiger charge is -2.04. The van der Waals surface area contributed by atoms with Crippen molar-refractivity contribution in [2.45, 2.75) is 19.9 Å². The monoisotopic (exact) mass is 281 g/mol. The minimum absolute atomic E-state index is 0.282. The van der Waals surface area contributed by atoms with Gasteiger partial charge in [0.1, 0.15) is 5.82 Å². The summed E-state index contributed by atoms with van der Waals surface area (Å²) in [5.41, 5.74) is 1.62. The number of aromatic nitrogens is 2. The maximum Gasteiger partial charge on any atom is 0.129 e. The van der Waals surface area contributed by atoms with Crippen LogP contribution in [0.3, 0.4) is 0 Å². The molecule has 5 heteroatoms. The van der Waals surface area contributed by atoms with Crippen molar-refractivity contribution in [2.75, 3.05) is 13.1 Å². The van der Waals surface area contributed by atoms with E-state index in [-0.39, 0.29) is 5.82 Å². The first-order chi connectivity index (χ1) is 9.19. The molecule has 0 aliphatic heterocycles. The lowest BCUT2D eigenvalue weighted by Crippen LogP contribution is -2.16. The number of hydrogen-bond acceptors (Lipinski definition) is 2. The molecule has 1 aromatic heterocycles. The Morgan fingerprint density at radius 1 is 1.42 bits per heavy atom. The molecule has 0 amide bonds. The van der Waals surface area contributed by atoms with Gasteiger partial charge in [0, 0.05) is 29.7 Å². The zero-order valence-electron chi connectivity index (χ0n) is 10.9. The summed E-state index contributed by atoms with van der Waals surface area (Å²) in [5.74, 6) is -0.282. The van der Waals surface area contributed by atoms with Crippen LogP contribution in [-0.4, -0.2) is 22.6 Å². The molecule has 0 unspecified atom stereocenters. The van der Waals surface area contributed by atoms with Crippen molar-refractivity contribution in [3.8, 4) is 0 Å². The van der Waals surface area contributed by atoms with Crippen molar-refractivity contribution in [3.63, 3.8) is 0 Å². The Morgan fingerprint density at radius 2 is 2.26 bits per heavy atom. The Bertz CT molecular complexity index is 539. The molecule has 19 heavy (non-hydrogen) atoms. The van der Waals surface area contributed by atoms with Crippen LogP contribution in [0.15, 0.2) is 30.7 Å². The molecule has 2 aromatic rings. The largest absolute Gasteiger partial charge is 0.333 e. The molecule has 0 radical (unpaired) electrons. The summed E-state index contributed by atoms with van der Waals surface area (Å²) in [6.45, 7) is 4.40. The highest BCUT2D eigenvalue weighted by Crippen LogP contribution is 2.15. The van der Waals surface area contributed by atoms with Crippen molar-refractivity contribution < 1.29 is 4.39 Å². The van der Waals surface area contributed by atoms with Crippen molar-refractivity contribution in [3.05, 3.63) is 52.8 Å². The standard InChI is InChI=1S/C14H17ClFN3/c1-2-17-6-5-13-9-19(10-18-13)8-11-3-4-12(15)7-14(11)16/h3-4,7,9-10,17H,2,5-6,8H2,1H3. The quantitative estimate of drug-likeness (QED) is 0.825. The van der Waals surface area contributed by atoms with E-state index < -0.39 is 0 Å². The molecule has 0 bridgehead atoms. The molecule has 0 saturated heterocycles. The minimum atomic E-state index is -0.282. The highest BCUT2D eigenvalue weighted by molar-refractivity contribution is 6.30. The molecule has 102 valence electrons. The Kier molecular flexibility index (Phi) is 4.93. The maximum atomic E-state index is 13.7. The van der Waals surface area contributed by atoms with Gasteiger partial charge in [0.2, 0.25) is 0 Å². The minimum Gasteiger partial charge on any atom is -0.333 e. The summed E-state index contributed by atoms with van der Waals surface area (Å²) >= 11 is 5.73. The Balaban J connectivity index is 1.99. The second kappa shape index (κ2) is 6.68. The van der Waals surface area contributed by atoms with Crippen LogP contribution in [0.4, 0.5) is 4.39 Å². The average Bonchev–Trinajstić information content (AvgIpc) is 2.81. The van der Waals surface area contributed by atoms with E-state index in [1.807, 2.05) is 10.8 Å². The Hall–Kier alpha value is -1.39. The van der Waals surface area contributed by atoms with Crippen molar-refractivity contribution in [1.29, 1.82) is 0 Å². The summed E-state index contributed by atoms with van der Waals surface area (Å²) in [6, 6.07) is 4.73. The molecule has 1 aromatic carbocycles. The topological polar surface area (TPSA) is 29.9 Å². The molecule has 3 nitrogen and oxygen atoms in total. The lowest BCUT2D eigenvalue weighted by molar-refractivity contribution is 0.599. The van der Waals surface area contributed by atoms with Crippen LogP contribution < -0.4 is 5.32 Å². The average molecular weight is 282 g/mol. The van der Waals surface area contributed by atoms with Gasteiger partial charge in [0.25, 0.3) is 0 Å². The van der Waals surface area contributed by atoms with Crippen LogP contribution in [0.2, 0.25) is 5.02 Å². The van der Waals surface area contributed by atoms with Gasteiger partial charge >= 0.3 is 0 Å². The van der Waals surface area contributed by atoms with Crippen molar-refractivity contribution >= 4 is 11.6 Å². The molecule has 2 rings (SSSR count). The van der Waals surface area contributed by atoms with Gasteiger partial charge in [-0.1, -0.05) is 24.6 Å². The zero-order chi connectivity index (χ0) is 13.7. The van der Waals surface area contributed by atoms with E-state index in [0.717, 1.165) is 25.2 Å². The molecule has 0 atom stereocenters. The fourth-order valence-corrected chi connectivity index (χ4v) is 2.02. The van der Waals surface area contributed by atoms with Crippen LogP contribution in [-0.2, 0) is 13.0 Å². The molecule has 0 fully saturated rings. The summed E-state index contributed by atoms with van der Waals surface area (Å²) in [4.78, 5) is 4.31. The predicted octanol–water partition coefficient (Wildman–Crippen LogP) is 2.88. The molecular weight excluding hydrogens is 265 g/mol. The number of nitrogens with zero attached hydrogens (tertiary/aromatic N) is 2. The molecule has 0 aliphatic rings. The number of hydrogen-bond donors (Lipinski definition) is 1. The predicted molar refractivity (Wildman–Crippen MR) is 75.0 cm³/mol. The first-order valence-corrected chi connectivity index (χ1v) is 6.72. The van der Waals surface area contributed by atoms with Crippen LogP contribution in [0.25, 0.3) is 0 Å². The van der Waals surface area contributed by atoms with E-state index in [1.165, 1.54) is 6.07 Å². The number of likely N-dealkylation sites (N-methyl/N-ethyl adjacent to an activating group) is 1. The van der Waals surface area contributed by atoms with E-state index in [4.69, 9.17) is 11.6 Å². The molecule has 0 saturated carbocycles. The maximum absolute atomic E-state index is 13.7. The van der Waals surface area contributed by atoms with Crippen molar-refractivity contribution in [1.82, 2.24) is 14.9 Å². The van der Waals surface area contributed by atoms with E-state index in [9.17, 15) is 4.39 Å². The zero-order valence-corrected chi connectivity index (χ0v) is 11.6. The number of imidazole rings is 1. The number of benzene rings is 1. The van der Waals surface area contributed by atoms with E-state index in [1.54, 1.807) is 18.5 Å². The van der Waals surface area contributed by atoms with Gasteiger partial charge in [-0.15, -0.1) is 0 Å². The van der Waals surface area contributed by atoms with Crippen LogP contribution >= 0.6 is 11.6 Å². The van der Waals surface area contributed by atoms with Gasteiger partial charge in [-0.3, -0.25) is 0 Å². The van der Waals surface area contributed by atoms with Crippen LogP contribution in [0, 0.1) is 5.82 Å². The highest BCUT2D eigenvalue weighted by atomic mass is 35.5. The second-order valence-corrected chi connectivity index (χ2v) is 4.81. The molecule has 0 spiro atoms. The molecule has 1 heterocycles. The van der Waals surface area contributed by atoms with Gasteiger partial charge in [-0.25, -0.2) is 9.37 Å². The van der Waals surface area contributed by atoms with Gasteiger partial charge in [-0.05, 0) is 18.7 Å². The van der Waals surface area contributed by atoms with Gasteiger partial charge in [-0.2, -0.15) is 0 Å². The number of rotatable bonds is 6. The smallest absolute Gasteiger partial charge is 0.129 e. The third-order valence-electron chi connectivity index (χ3n) is 2.86. The number of nitrogens with one attached hydrogen (secondary N) is 1. The van der Waals surface area contributed by atoms with E-state index in [2.05, 4.69) is 17.2 Å². The first kappa shape index (κ1) is 14.0. The summed E-state index contributed by atoms with van der Waals surface area (Å²) in [7, 11) is 0. The van der Waals surface area contributed by atoms with E-state index in [0.29, 0.717) is 17.1 Å². The Labute approximate surface area is 117 Å². The fraction of sp³-hybridized carbons (Fsp3) is 0.357. The number of halogens is 2. The second-order valence-electron chi connectivity index (χ2n) is 4.38. The van der Waals surface area contributed by atoms with Crippen LogP contribution in [0.1, 0.15) is 18.2 Å². The molecule has 1 N–H and O–H groups in total. The van der Waals surface area contributed by atoms with E-state index >= 15 is 0 Å². The van der Waals surface area contributed by atoms with Gasteiger partial charge < -0.3 is 9.88 Å². The summed E-state index contributed by atoms with van der Waals surface area (Å²) in [6.07, 6.45) is 4.56. The third-order valence-corrected chi connectivity index (χ3v) is 3.10. The third kappa shape index (κ3) is 4.04. The fourth-order valence-electron chi connectivity index (χ4n) is 1.86. The van der Waals surface area contributed by atoms with Crippen molar-refractivity contribution in [2.24, 2.45) is 0 Å².